The quantitative estimate of drug-likeness (QED) is 0.789. The zero-order chi connectivity index (χ0) is 16.2. The Morgan fingerprint density at radius 3 is 2.78 bits per heavy atom. The maximum Gasteiger partial charge on any atom is 0.257 e. The van der Waals surface area contributed by atoms with Gasteiger partial charge in [-0.2, -0.15) is 0 Å². The van der Waals surface area contributed by atoms with Crippen LogP contribution in [-0.2, 0) is 4.74 Å². The van der Waals surface area contributed by atoms with Gasteiger partial charge >= 0.3 is 0 Å². The van der Waals surface area contributed by atoms with E-state index in [1.807, 2.05) is 4.90 Å². The van der Waals surface area contributed by atoms with Crippen LogP contribution in [0.2, 0.25) is 5.02 Å². The lowest BCUT2D eigenvalue weighted by Gasteiger charge is -2.23. The minimum absolute atomic E-state index is 0. The van der Waals surface area contributed by atoms with E-state index in [4.69, 9.17) is 26.8 Å². The molecule has 1 atom stereocenters. The summed E-state index contributed by atoms with van der Waals surface area (Å²) in [6, 6.07) is 5.10. The van der Waals surface area contributed by atoms with E-state index in [1.54, 1.807) is 25.3 Å². The number of carbonyl (C=O) groups excluding carboxylic acids is 1. The lowest BCUT2D eigenvalue weighted by Crippen LogP contribution is -2.34. The first kappa shape index (κ1) is 20.0. The molecule has 2 N–H and O–H groups in total. The van der Waals surface area contributed by atoms with Gasteiger partial charge in [-0.3, -0.25) is 4.79 Å². The van der Waals surface area contributed by atoms with Gasteiger partial charge in [0.1, 0.15) is 12.4 Å². The smallest absolute Gasteiger partial charge is 0.257 e. The summed E-state index contributed by atoms with van der Waals surface area (Å²) in [5, 5.41) is 0.517. The summed E-state index contributed by atoms with van der Waals surface area (Å²) in [5.74, 6) is 0.472. The second kappa shape index (κ2) is 8.73. The first-order valence-corrected chi connectivity index (χ1v) is 7.77. The van der Waals surface area contributed by atoms with Crippen LogP contribution < -0.4 is 10.5 Å². The molecule has 1 fully saturated rings. The Hall–Kier alpha value is -1.01. The van der Waals surface area contributed by atoms with Gasteiger partial charge in [-0.25, -0.2) is 0 Å². The molecule has 1 aromatic rings. The number of ether oxygens (including phenoxy) is 2. The molecule has 0 spiro atoms. The predicted molar refractivity (Wildman–Crippen MR) is 93.8 cm³/mol. The van der Waals surface area contributed by atoms with Crippen LogP contribution in [0, 0.1) is 5.41 Å². The van der Waals surface area contributed by atoms with Crippen molar-refractivity contribution in [3.05, 3.63) is 28.8 Å². The third-order valence-electron chi connectivity index (χ3n) is 4.05. The van der Waals surface area contributed by atoms with Gasteiger partial charge in [-0.05, 0) is 36.6 Å². The number of likely N-dealkylation sites (tertiary alicyclic amines) is 1. The average molecular weight is 363 g/mol. The summed E-state index contributed by atoms with van der Waals surface area (Å²) < 4.78 is 10.6. The number of hydrogen-bond donors (Lipinski definition) is 1. The summed E-state index contributed by atoms with van der Waals surface area (Å²) in [6.45, 7) is 4.89. The van der Waals surface area contributed by atoms with Gasteiger partial charge in [0.25, 0.3) is 5.91 Å². The van der Waals surface area contributed by atoms with E-state index in [0.717, 1.165) is 6.42 Å². The van der Waals surface area contributed by atoms with Gasteiger partial charge in [-0.15, -0.1) is 12.4 Å². The van der Waals surface area contributed by atoms with E-state index in [9.17, 15) is 4.79 Å². The molecule has 1 aromatic carbocycles. The molecule has 0 bridgehead atoms. The molecular weight excluding hydrogens is 339 g/mol. The molecule has 130 valence electrons. The molecule has 0 aromatic heterocycles. The molecular formula is C16H24Cl2N2O3. The molecule has 1 heterocycles. The molecule has 7 heteroatoms. The van der Waals surface area contributed by atoms with Gasteiger partial charge in [0.05, 0.1) is 12.2 Å². The highest BCUT2D eigenvalue weighted by Crippen LogP contribution is 2.32. The van der Waals surface area contributed by atoms with Crippen molar-refractivity contribution in [2.45, 2.75) is 13.3 Å². The summed E-state index contributed by atoms with van der Waals surface area (Å²) in [6.07, 6.45) is 0.912. The lowest BCUT2D eigenvalue weighted by atomic mass is 9.90. The number of methoxy groups -OCH3 is 1. The van der Waals surface area contributed by atoms with Crippen LogP contribution in [0.1, 0.15) is 23.7 Å². The maximum absolute atomic E-state index is 12.8. The van der Waals surface area contributed by atoms with Crippen LogP contribution in [0.15, 0.2) is 18.2 Å². The molecule has 1 aliphatic rings. The number of hydrogen-bond acceptors (Lipinski definition) is 4. The van der Waals surface area contributed by atoms with Gasteiger partial charge < -0.3 is 20.1 Å². The van der Waals surface area contributed by atoms with Gasteiger partial charge in [0.15, 0.2) is 0 Å². The normalized spacial score (nSPS) is 20.3. The van der Waals surface area contributed by atoms with Gasteiger partial charge in [-0.1, -0.05) is 18.5 Å². The summed E-state index contributed by atoms with van der Waals surface area (Å²) in [7, 11) is 1.61. The van der Waals surface area contributed by atoms with Crippen LogP contribution in [0.5, 0.6) is 5.75 Å². The van der Waals surface area contributed by atoms with Gasteiger partial charge in [0.2, 0.25) is 0 Å². The minimum Gasteiger partial charge on any atom is -0.490 e. The lowest BCUT2D eigenvalue weighted by molar-refractivity contribution is 0.0769. The van der Waals surface area contributed by atoms with E-state index in [1.165, 1.54) is 0 Å². The topological polar surface area (TPSA) is 64.8 Å². The molecule has 5 nitrogen and oxygen atoms in total. The first-order chi connectivity index (χ1) is 10.5. The van der Waals surface area contributed by atoms with Crippen molar-refractivity contribution in [3.8, 4) is 5.75 Å². The Morgan fingerprint density at radius 1 is 1.43 bits per heavy atom. The highest BCUT2D eigenvalue weighted by Gasteiger charge is 2.35. The van der Waals surface area contributed by atoms with E-state index in [-0.39, 0.29) is 23.7 Å². The third-order valence-corrected chi connectivity index (χ3v) is 4.29. The van der Waals surface area contributed by atoms with E-state index >= 15 is 0 Å². The molecule has 1 unspecified atom stereocenters. The fraction of sp³-hybridized carbons (Fsp3) is 0.562. The first-order valence-electron chi connectivity index (χ1n) is 7.40. The molecule has 0 aliphatic carbocycles. The monoisotopic (exact) mass is 362 g/mol. The molecule has 0 saturated carbocycles. The number of rotatable bonds is 6. The fourth-order valence-electron chi connectivity index (χ4n) is 2.56. The zero-order valence-corrected chi connectivity index (χ0v) is 15.1. The Balaban J connectivity index is 0.00000264. The van der Waals surface area contributed by atoms with Crippen molar-refractivity contribution in [1.82, 2.24) is 4.90 Å². The second-order valence-corrected chi connectivity index (χ2v) is 6.41. The SMILES string of the molecule is COCCOc1ccc(Cl)cc1C(=O)N1CCC(C)(CN)C1.Cl. The standard InChI is InChI=1S/C16H23ClN2O3.ClH/c1-16(10-18)5-6-19(11-16)15(20)13-9-12(17)3-4-14(13)22-8-7-21-2;/h3-4,9H,5-8,10-11,18H2,1-2H3;1H. The summed E-state index contributed by atoms with van der Waals surface area (Å²) in [4.78, 5) is 14.6. The molecule has 1 aliphatic heterocycles. The fourth-order valence-corrected chi connectivity index (χ4v) is 2.74. The van der Waals surface area contributed by atoms with Crippen LogP contribution in [0.25, 0.3) is 0 Å². The number of carbonyl (C=O) groups is 1. The maximum atomic E-state index is 12.8. The van der Waals surface area contributed by atoms with E-state index in [2.05, 4.69) is 6.92 Å². The number of amides is 1. The van der Waals surface area contributed by atoms with Crippen molar-refractivity contribution in [2.24, 2.45) is 11.1 Å². The number of benzene rings is 1. The van der Waals surface area contributed by atoms with Gasteiger partial charge in [0, 0.05) is 25.2 Å². The minimum atomic E-state index is -0.0629. The van der Waals surface area contributed by atoms with Crippen molar-refractivity contribution >= 4 is 29.9 Å². The molecule has 2 rings (SSSR count). The molecule has 23 heavy (non-hydrogen) atoms. The largest absolute Gasteiger partial charge is 0.490 e. The summed E-state index contributed by atoms with van der Waals surface area (Å²) >= 11 is 6.04. The van der Waals surface area contributed by atoms with Crippen molar-refractivity contribution in [3.63, 3.8) is 0 Å². The van der Waals surface area contributed by atoms with Crippen LogP contribution in [0.3, 0.4) is 0 Å². The third kappa shape index (κ3) is 4.98. The van der Waals surface area contributed by atoms with Crippen LogP contribution in [-0.4, -0.2) is 50.8 Å². The average Bonchev–Trinajstić information content (AvgIpc) is 2.91. The number of halogens is 2. The molecule has 0 radical (unpaired) electrons. The highest BCUT2D eigenvalue weighted by molar-refractivity contribution is 6.31. The zero-order valence-electron chi connectivity index (χ0n) is 13.5. The molecule has 1 amide bonds. The Kier molecular flexibility index (Phi) is 7.61. The number of nitrogens with two attached hydrogens (primary N) is 1. The molecule has 1 saturated heterocycles. The van der Waals surface area contributed by atoms with Crippen LogP contribution in [0.4, 0.5) is 0 Å². The van der Waals surface area contributed by atoms with E-state index < -0.39 is 0 Å². The number of nitrogens with zero attached hydrogens (tertiary/aromatic N) is 1. The van der Waals surface area contributed by atoms with Crippen molar-refractivity contribution in [2.75, 3.05) is 40.0 Å². The summed E-state index contributed by atoms with van der Waals surface area (Å²) in [5.41, 5.74) is 6.29. The Bertz CT molecular complexity index is 542. The predicted octanol–water partition coefficient (Wildman–Crippen LogP) is 2.60. The van der Waals surface area contributed by atoms with Crippen molar-refractivity contribution in [1.29, 1.82) is 0 Å². The van der Waals surface area contributed by atoms with E-state index in [0.29, 0.717) is 49.2 Å². The Labute approximate surface area is 148 Å². The van der Waals surface area contributed by atoms with Crippen molar-refractivity contribution < 1.29 is 14.3 Å². The van der Waals surface area contributed by atoms with Crippen LogP contribution >= 0.6 is 24.0 Å². The second-order valence-electron chi connectivity index (χ2n) is 5.97. The Morgan fingerprint density at radius 2 is 2.17 bits per heavy atom. The highest BCUT2D eigenvalue weighted by atomic mass is 35.5.